The highest BCUT2D eigenvalue weighted by atomic mass is 32.1. The molecule has 1 fully saturated rings. The number of hydrogen-bond acceptors (Lipinski definition) is 9. The van der Waals surface area contributed by atoms with Gasteiger partial charge in [-0.25, -0.2) is 18.9 Å². The molecule has 0 bridgehead atoms. The Morgan fingerprint density at radius 3 is 2.87 bits per heavy atom. The van der Waals surface area contributed by atoms with Crippen molar-refractivity contribution in [3.8, 4) is 5.75 Å². The van der Waals surface area contributed by atoms with Crippen LogP contribution in [0.2, 0.25) is 0 Å². The Morgan fingerprint density at radius 2 is 2.05 bits per heavy atom. The number of carbonyl (C=O) groups is 1. The number of ether oxygens (including phenoxy) is 1. The van der Waals surface area contributed by atoms with Gasteiger partial charge in [-0.3, -0.25) is 4.79 Å². The second-order valence-corrected chi connectivity index (χ2v) is 10.5. The average Bonchev–Trinajstić information content (AvgIpc) is 3.46. The maximum absolute atomic E-state index is 13.4. The molecule has 1 aliphatic rings. The number of hydrogen-bond donors (Lipinski definition) is 2. The van der Waals surface area contributed by atoms with E-state index in [0.29, 0.717) is 23.2 Å². The number of likely N-dealkylation sites (N-methyl/N-ethyl adjacent to an activating group) is 1. The second-order valence-electron chi connectivity index (χ2n) is 9.36. The summed E-state index contributed by atoms with van der Waals surface area (Å²) in [7, 11) is 2.16. The first kappa shape index (κ1) is 26.0. The van der Waals surface area contributed by atoms with Crippen LogP contribution < -0.4 is 15.4 Å². The highest BCUT2D eigenvalue weighted by Gasteiger charge is 2.17. The van der Waals surface area contributed by atoms with Gasteiger partial charge in [0.25, 0.3) is 0 Å². The number of nitrogens with zero attached hydrogens (tertiary/aromatic N) is 6. The number of amides is 1. The fourth-order valence-electron chi connectivity index (χ4n) is 4.40. The monoisotopic (exact) mass is 538 g/mol. The zero-order valence-electron chi connectivity index (χ0n) is 21.5. The fourth-order valence-corrected chi connectivity index (χ4v) is 5.21. The van der Waals surface area contributed by atoms with Gasteiger partial charge in [0.1, 0.15) is 23.4 Å². The van der Waals surface area contributed by atoms with Crippen LogP contribution in [0.15, 0.2) is 43.0 Å². The van der Waals surface area contributed by atoms with Crippen LogP contribution in [0.5, 0.6) is 5.75 Å². The van der Waals surface area contributed by atoms with Gasteiger partial charge in [-0.2, -0.15) is 5.10 Å². The normalized spacial score (nSPS) is 14.6. The molecule has 0 unspecified atom stereocenters. The molecule has 3 aromatic heterocycles. The summed E-state index contributed by atoms with van der Waals surface area (Å²) >= 11 is 1.36. The summed E-state index contributed by atoms with van der Waals surface area (Å²) in [5.74, 6) is 0.742. The molecular formula is C26H31FN8O2S. The molecule has 1 aliphatic heterocycles. The Balaban J connectivity index is 1.18. The van der Waals surface area contributed by atoms with Crippen LogP contribution in [-0.2, 0) is 11.2 Å². The van der Waals surface area contributed by atoms with Crippen molar-refractivity contribution in [1.29, 1.82) is 0 Å². The van der Waals surface area contributed by atoms with E-state index in [4.69, 9.17) is 4.74 Å². The predicted octanol–water partition coefficient (Wildman–Crippen LogP) is 3.57. The molecule has 10 nitrogen and oxygen atoms in total. The summed E-state index contributed by atoms with van der Waals surface area (Å²) in [5, 5.41) is 10.9. The second kappa shape index (κ2) is 11.8. The average molecular weight is 539 g/mol. The summed E-state index contributed by atoms with van der Waals surface area (Å²) in [5.41, 5.74) is 2.17. The minimum atomic E-state index is -0.400. The summed E-state index contributed by atoms with van der Waals surface area (Å²) < 4.78 is 21.2. The molecule has 4 heterocycles. The number of fused-ring (bicyclic) bond motifs is 1. The van der Waals surface area contributed by atoms with Crippen LogP contribution in [-0.4, -0.2) is 81.7 Å². The van der Waals surface area contributed by atoms with Gasteiger partial charge in [0.15, 0.2) is 10.9 Å². The molecule has 1 aromatic carbocycles. The van der Waals surface area contributed by atoms with Gasteiger partial charge in [-0.15, -0.1) is 11.3 Å². The van der Waals surface area contributed by atoms with E-state index in [9.17, 15) is 9.18 Å². The molecule has 0 radical (unpaired) electrons. The highest BCUT2D eigenvalue weighted by molar-refractivity contribution is 7.15. The van der Waals surface area contributed by atoms with Crippen LogP contribution >= 0.6 is 11.3 Å². The van der Waals surface area contributed by atoms with E-state index in [1.807, 2.05) is 13.1 Å². The number of aromatic nitrogens is 4. The first-order chi connectivity index (χ1) is 18.4. The maximum atomic E-state index is 13.4. The van der Waals surface area contributed by atoms with Gasteiger partial charge in [0.2, 0.25) is 5.91 Å². The molecule has 1 amide bonds. The van der Waals surface area contributed by atoms with Crippen LogP contribution in [0.4, 0.5) is 21.0 Å². The molecule has 38 heavy (non-hydrogen) atoms. The lowest BCUT2D eigenvalue weighted by atomic mass is 10.3. The van der Waals surface area contributed by atoms with Crippen LogP contribution in [0, 0.1) is 12.7 Å². The molecule has 5 rings (SSSR count). The molecule has 4 aromatic rings. The van der Waals surface area contributed by atoms with E-state index in [-0.39, 0.29) is 12.3 Å². The molecule has 0 spiro atoms. The number of rotatable bonds is 10. The Kier molecular flexibility index (Phi) is 8.11. The summed E-state index contributed by atoms with van der Waals surface area (Å²) in [6.45, 7) is 8.08. The van der Waals surface area contributed by atoms with Crippen molar-refractivity contribution < 1.29 is 13.9 Å². The van der Waals surface area contributed by atoms with Crippen molar-refractivity contribution in [3.63, 3.8) is 0 Å². The molecule has 0 aliphatic carbocycles. The first-order valence-corrected chi connectivity index (χ1v) is 13.4. The first-order valence-electron chi connectivity index (χ1n) is 12.6. The third-order valence-corrected chi connectivity index (χ3v) is 7.39. The number of halogens is 1. The van der Waals surface area contributed by atoms with Crippen LogP contribution in [0.25, 0.3) is 5.52 Å². The van der Waals surface area contributed by atoms with Crippen molar-refractivity contribution in [1.82, 2.24) is 29.4 Å². The molecule has 2 N–H and O–H groups in total. The number of piperazine rings is 1. The number of anilines is 3. The lowest BCUT2D eigenvalue weighted by Gasteiger charge is -2.32. The predicted molar refractivity (Wildman–Crippen MR) is 146 cm³/mol. The van der Waals surface area contributed by atoms with Gasteiger partial charge in [-0.05, 0) is 38.6 Å². The molecule has 0 atom stereocenters. The number of thiazole rings is 1. The lowest BCUT2D eigenvalue weighted by molar-refractivity contribution is -0.115. The van der Waals surface area contributed by atoms with Gasteiger partial charge in [-0.1, -0.05) is 6.07 Å². The van der Waals surface area contributed by atoms with E-state index in [0.717, 1.165) is 60.9 Å². The van der Waals surface area contributed by atoms with Crippen molar-refractivity contribution >= 4 is 39.4 Å². The van der Waals surface area contributed by atoms with Crippen molar-refractivity contribution in [2.75, 3.05) is 57.0 Å². The van der Waals surface area contributed by atoms with Gasteiger partial charge in [0.05, 0.1) is 19.2 Å². The molecule has 0 saturated carbocycles. The minimum absolute atomic E-state index is 0.130. The molecule has 1 saturated heterocycles. The van der Waals surface area contributed by atoms with E-state index >= 15 is 0 Å². The molecular weight excluding hydrogens is 507 g/mol. The quantitative estimate of drug-likeness (QED) is 0.296. The third-order valence-electron chi connectivity index (χ3n) is 6.47. The summed E-state index contributed by atoms with van der Waals surface area (Å²) in [6.07, 6.45) is 6.09. The smallest absolute Gasteiger partial charge is 0.229 e. The van der Waals surface area contributed by atoms with Crippen LogP contribution in [0.1, 0.15) is 16.9 Å². The fraction of sp³-hybridized carbons (Fsp3) is 0.385. The Morgan fingerprint density at radius 1 is 1.21 bits per heavy atom. The van der Waals surface area contributed by atoms with E-state index < -0.39 is 5.82 Å². The van der Waals surface area contributed by atoms with Crippen molar-refractivity contribution in [3.05, 3.63) is 59.2 Å². The van der Waals surface area contributed by atoms with Gasteiger partial charge < -0.3 is 25.2 Å². The third kappa shape index (κ3) is 6.44. The largest absolute Gasteiger partial charge is 0.492 e. The number of nitrogens with one attached hydrogen (secondary N) is 2. The number of aryl methyl sites for hydroxylation is 1. The summed E-state index contributed by atoms with van der Waals surface area (Å²) in [6, 6.07) is 5.81. The van der Waals surface area contributed by atoms with E-state index in [1.54, 1.807) is 22.8 Å². The zero-order valence-corrected chi connectivity index (χ0v) is 22.3. The molecule has 12 heteroatoms. The Labute approximate surface area is 224 Å². The number of benzene rings is 1. The van der Waals surface area contributed by atoms with Gasteiger partial charge in [0, 0.05) is 55.0 Å². The van der Waals surface area contributed by atoms with E-state index in [2.05, 4.69) is 42.5 Å². The standard InChI is InChI=1S/C26H31FN8O2S/c1-18-22(37-12-4-7-34-10-8-33(2)9-11-34)16-35-24(18)25(29-17-30-35)32-26-28-15-21(38-26)14-23(36)31-20-6-3-5-19(27)13-20/h3,5-6,13,15-17H,4,7-12,14H2,1-2H3,(H,31,36)(H,28,29,30,32). The number of carbonyl (C=O) groups excluding carboxylic acids is 1. The van der Waals surface area contributed by atoms with Crippen molar-refractivity contribution in [2.24, 2.45) is 0 Å². The maximum Gasteiger partial charge on any atom is 0.229 e. The lowest BCUT2D eigenvalue weighted by Crippen LogP contribution is -2.44. The van der Waals surface area contributed by atoms with E-state index in [1.165, 1.54) is 29.8 Å². The zero-order chi connectivity index (χ0) is 26.5. The summed E-state index contributed by atoms with van der Waals surface area (Å²) in [4.78, 5) is 26.8. The van der Waals surface area contributed by atoms with Crippen molar-refractivity contribution in [2.45, 2.75) is 19.8 Å². The Bertz CT molecular complexity index is 1400. The van der Waals surface area contributed by atoms with Crippen LogP contribution in [0.3, 0.4) is 0 Å². The SMILES string of the molecule is Cc1c(OCCCN2CCN(C)CC2)cn2ncnc(Nc3ncc(CC(=O)Nc4cccc(F)c4)s3)c12. The highest BCUT2D eigenvalue weighted by Crippen LogP contribution is 2.31. The topological polar surface area (TPSA) is 99.9 Å². The molecule has 200 valence electrons. The minimum Gasteiger partial charge on any atom is -0.492 e. The van der Waals surface area contributed by atoms with Gasteiger partial charge >= 0.3 is 0 Å². The Hall–Kier alpha value is -3.61.